The van der Waals surface area contributed by atoms with Gasteiger partial charge in [0, 0.05) is 0 Å². The van der Waals surface area contributed by atoms with E-state index in [0.717, 1.165) is 19.4 Å². The molecular formula is C9H15NO3. The van der Waals surface area contributed by atoms with Gasteiger partial charge < -0.3 is 5.11 Å². The molecule has 1 rings (SSSR count). The standard InChI is InChI=1S/C9H15NO3/c1-7(11)6-10-5-3-2-4-8(10)9(12)13/h8H,2-6H2,1H3,(H,12,13). The minimum absolute atomic E-state index is 0.0353. The van der Waals surface area contributed by atoms with Crippen LogP contribution < -0.4 is 0 Å². The van der Waals surface area contributed by atoms with Crippen LogP contribution >= 0.6 is 0 Å². The van der Waals surface area contributed by atoms with Crippen molar-refractivity contribution in [2.75, 3.05) is 13.1 Å². The molecule has 1 unspecified atom stereocenters. The first-order valence-corrected chi connectivity index (χ1v) is 4.57. The van der Waals surface area contributed by atoms with Crippen molar-refractivity contribution in [1.29, 1.82) is 0 Å². The summed E-state index contributed by atoms with van der Waals surface area (Å²) in [4.78, 5) is 23.4. The van der Waals surface area contributed by atoms with Gasteiger partial charge in [-0.25, -0.2) is 0 Å². The van der Waals surface area contributed by atoms with Crippen LogP contribution in [0.1, 0.15) is 26.2 Å². The molecule has 1 aliphatic heterocycles. The zero-order valence-electron chi connectivity index (χ0n) is 7.82. The van der Waals surface area contributed by atoms with Crippen molar-refractivity contribution in [3.05, 3.63) is 0 Å². The first-order chi connectivity index (χ1) is 6.11. The number of Topliss-reactive ketones (excluding diaryl/α,β-unsaturated/α-hetero) is 1. The van der Waals surface area contributed by atoms with Crippen LogP contribution in [-0.2, 0) is 9.59 Å². The van der Waals surface area contributed by atoms with Crippen LogP contribution in [0.4, 0.5) is 0 Å². The first-order valence-electron chi connectivity index (χ1n) is 4.57. The van der Waals surface area contributed by atoms with E-state index in [9.17, 15) is 9.59 Å². The number of rotatable bonds is 3. The molecule has 0 aromatic carbocycles. The van der Waals surface area contributed by atoms with Crippen molar-refractivity contribution in [1.82, 2.24) is 4.90 Å². The molecule has 0 radical (unpaired) electrons. The minimum Gasteiger partial charge on any atom is -0.480 e. The first kappa shape index (κ1) is 10.2. The monoisotopic (exact) mass is 185 g/mol. The van der Waals surface area contributed by atoms with Gasteiger partial charge in [-0.05, 0) is 26.3 Å². The molecule has 0 aromatic rings. The Labute approximate surface area is 77.5 Å². The summed E-state index contributed by atoms with van der Waals surface area (Å²) in [6.07, 6.45) is 2.62. The molecule has 0 amide bonds. The summed E-state index contributed by atoms with van der Waals surface area (Å²) in [5, 5.41) is 8.87. The van der Waals surface area contributed by atoms with Crippen LogP contribution in [0, 0.1) is 0 Å². The van der Waals surface area contributed by atoms with Crippen molar-refractivity contribution in [3.8, 4) is 0 Å². The van der Waals surface area contributed by atoms with E-state index in [0.29, 0.717) is 6.42 Å². The molecular weight excluding hydrogens is 170 g/mol. The molecule has 13 heavy (non-hydrogen) atoms. The van der Waals surface area contributed by atoms with Crippen LogP contribution in [0.3, 0.4) is 0 Å². The van der Waals surface area contributed by atoms with Gasteiger partial charge in [0.2, 0.25) is 0 Å². The lowest BCUT2D eigenvalue weighted by atomic mass is 10.0. The number of nitrogens with zero attached hydrogens (tertiary/aromatic N) is 1. The normalized spacial score (nSPS) is 24.2. The summed E-state index contributed by atoms with van der Waals surface area (Å²) in [6, 6.07) is -0.447. The maximum absolute atomic E-state index is 10.8. The zero-order valence-corrected chi connectivity index (χ0v) is 7.82. The predicted octanol–water partition coefficient (Wildman–Crippen LogP) is 0.514. The van der Waals surface area contributed by atoms with E-state index in [1.54, 1.807) is 4.90 Å². The van der Waals surface area contributed by atoms with E-state index in [2.05, 4.69) is 0 Å². The number of likely N-dealkylation sites (tertiary alicyclic amines) is 1. The zero-order chi connectivity index (χ0) is 9.84. The van der Waals surface area contributed by atoms with Crippen molar-refractivity contribution in [3.63, 3.8) is 0 Å². The van der Waals surface area contributed by atoms with Crippen LogP contribution in [0.2, 0.25) is 0 Å². The molecule has 0 bridgehead atoms. The van der Waals surface area contributed by atoms with Gasteiger partial charge in [0.05, 0.1) is 6.54 Å². The Morgan fingerprint density at radius 1 is 1.46 bits per heavy atom. The lowest BCUT2D eigenvalue weighted by Gasteiger charge is -2.31. The average molecular weight is 185 g/mol. The van der Waals surface area contributed by atoms with Crippen LogP contribution in [0.5, 0.6) is 0 Å². The number of hydrogen-bond acceptors (Lipinski definition) is 3. The van der Waals surface area contributed by atoms with Gasteiger partial charge >= 0.3 is 5.97 Å². The molecule has 0 aliphatic carbocycles. The third-order valence-corrected chi connectivity index (χ3v) is 2.32. The quantitative estimate of drug-likeness (QED) is 0.696. The van der Waals surface area contributed by atoms with Gasteiger partial charge in [-0.2, -0.15) is 0 Å². The molecule has 1 heterocycles. The van der Waals surface area contributed by atoms with Crippen molar-refractivity contribution < 1.29 is 14.7 Å². The van der Waals surface area contributed by atoms with Crippen LogP contribution in [-0.4, -0.2) is 40.9 Å². The van der Waals surface area contributed by atoms with Gasteiger partial charge in [-0.1, -0.05) is 6.42 Å². The smallest absolute Gasteiger partial charge is 0.320 e. The molecule has 0 spiro atoms. The highest BCUT2D eigenvalue weighted by Gasteiger charge is 2.28. The molecule has 1 fully saturated rings. The summed E-state index contributed by atoms with van der Waals surface area (Å²) < 4.78 is 0. The Hall–Kier alpha value is -0.900. The van der Waals surface area contributed by atoms with Gasteiger partial charge in [-0.15, -0.1) is 0 Å². The minimum atomic E-state index is -0.805. The molecule has 1 aliphatic rings. The second-order valence-corrected chi connectivity index (χ2v) is 3.52. The van der Waals surface area contributed by atoms with E-state index in [1.807, 2.05) is 0 Å². The maximum atomic E-state index is 10.8. The van der Waals surface area contributed by atoms with Crippen LogP contribution in [0.25, 0.3) is 0 Å². The third kappa shape index (κ3) is 2.81. The predicted molar refractivity (Wildman–Crippen MR) is 47.5 cm³/mol. The molecule has 4 nitrogen and oxygen atoms in total. The third-order valence-electron chi connectivity index (χ3n) is 2.32. The number of piperidine rings is 1. The fraction of sp³-hybridized carbons (Fsp3) is 0.778. The van der Waals surface area contributed by atoms with Crippen molar-refractivity contribution >= 4 is 11.8 Å². The molecule has 4 heteroatoms. The largest absolute Gasteiger partial charge is 0.480 e. The van der Waals surface area contributed by atoms with E-state index in [-0.39, 0.29) is 12.3 Å². The lowest BCUT2D eigenvalue weighted by Crippen LogP contribution is -2.46. The Morgan fingerprint density at radius 3 is 2.69 bits per heavy atom. The van der Waals surface area contributed by atoms with Crippen LogP contribution in [0.15, 0.2) is 0 Å². The van der Waals surface area contributed by atoms with Crippen molar-refractivity contribution in [2.45, 2.75) is 32.2 Å². The molecule has 0 aromatic heterocycles. The van der Waals surface area contributed by atoms with E-state index in [1.165, 1.54) is 6.92 Å². The topological polar surface area (TPSA) is 57.6 Å². The number of carboxylic acid groups (broad SMARTS) is 1. The summed E-state index contributed by atoms with van der Waals surface area (Å²) in [5.74, 6) is -0.769. The Kier molecular flexibility index (Phi) is 3.42. The van der Waals surface area contributed by atoms with Gasteiger partial charge in [-0.3, -0.25) is 14.5 Å². The van der Waals surface area contributed by atoms with Gasteiger partial charge in [0.25, 0.3) is 0 Å². The summed E-state index contributed by atoms with van der Waals surface area (Å²) in [7, 11) is 0. The number of ketones is 1. The van der Waals surface area contributed by atoms with E-state index in [4.69, 9.17) is 5.11 Å². The fourth-order valence-electron chi connectivity index (χ4n) is 1.75. The fourth-order valence-corrected chi connectivity index (χ4v) is 1.75. The Balaban J connectivity index is 2.56. The Morgan fingerprint density at radius 2 is 2.15 bits per heavy atom. The molecule has 1 saturated heterocycles. The van der Waals surface area contributed by atoms with Crippen molar-refractivity contribution in [2.24, 2.45) is 0 Å². The molecule has 1 atom stereocenters. The highest BCUT2D eigenvalue weighted by atomic mass is 16.4. The number of aliphatic carboxylic acids is 1. The van der Waals surface area contributed by atoms with E-state index >= 15 is 0 Å². The maximum Gasteiger partial charge on any atom is 0.320 e. The van der Waals surface area contributed by atoms with Gasteiger partial charge in [0.15, 0.2) is 0 Å². The summed E-state index contributed by atoms with van der Waals surface area (Å²) in [5.41, 5.74) is 0. The molecule has 0 saturated carbocycles. The SMILES string of the molecule is CC(=O)CN1CCCCC1C(=O)O. The number of carbonyl (C=O) groups excluding carboxylic acids is 1. The highest BCUT2D eigenvalue weighted by molar-refractivity contribution is 5.79. The Bertz CT molecular complexity index is 215. The van der Waals surface area contributed by atoms with Gasteiger partial charge in [0.1, 0.15) is 11.8 Å². The highest BCUT2D eigenvalue weighted by Crippen LogP contribution is 2.16. The summed E-state index contributed by atoms with van der Waals surface area (Å²) in [6.45, 7) is 2.50. The average Bonchev–Trinajstić information content (AvgIpc) is 2.03. The number of carbonyl (C=O) groups is 2. The second-order valence-electron chi connectivity index (χ2n) is 3.52. The molecule has 74 valence electrons. The second kappa shape index (κ2) is 4.37. The summed E-state index contributed by atoms with van der Waals surface area (Å²) >= 11 is 0. The lowest BCUT2D eigenvalue weighted by molar-refractivity contribution is -0.145. The van der Waals surface area contributed by atoms with E-state index < -0.39 is 12.0 Å². The molecule has 1 N–H and O–H groups in total. The number of carboxylic acids is 1. The number of hydrogen-bond donors (Lipinski definition) is 1.